The molecule has 2 aromatic carbocycles. The minimum Gasteiger partial charge on any atom is -0.289 e. The number of ketones is 2. The number of fused-ring (bicyclic) bond motifs is 2. The average Bonchev–Trinajstić information content (AvgIpc) is 2.64. The summed E-state index contributed by atoms with van der Waals surface area (Å²) in [5.41, 5.74) is 6.57. The Kier molecular flexibility index (Phi) is 3.88. The van der Waals surface area contributed by atoms with Crippen molar-refractivity contribution < 1.29 is 9.59 Å². The zero-order valence-corrected chi connectivity index (χ0v) is 16.1. The first kappa shape index (κ1) is 17.4. The van der Waals surface area contributed by atoms with Crippen LogP contribution in [0.3, 0.4) is 0 Å². The molecule has 2 aromatic rings. The lowest BCUT2D eigenvalue weighted by atomic mass is 9.73. The van der Waals surface area contributed by atoms with Gasteiger partial charge in [0, 0.05) is 16.7 Å². The molecule has 0 atom stereocenters. The summed E-state index contributed by atoms with van der Waals surface area (Å²) in [6.07, 6.45) is 3.99. The fourth-order valence-corrected chi connectivity index (χ4v) is 3.84. The van der Waals surface area contributed by atoms with E-state index in [1.54, 1.807) is 0 Å². The molecule has 0 bridgehead atoms. The van der Waals surface area contributed by atoms with Crippen LogP contribution in [-0.2, 0) is 0 Å². The Morgan fingerprint density at radius 3 is 1.59 bits per heavy atom. The maximum Gasteiger partial charge on any atom is 0.190 e. The summed E-state index contributed by atoms with van der Waals surface area (Å²) in [6, 6.07) is 15.5. The molecule has 0 spiro atoms. The lowest BCUT2D eigenvalue weighted by Crippen LogP contribution is -2.23. The highest BCUT2D eigenvalue weighted by Crippen LogP contribution is 2.42. The van der Waals surface area contributed by atoms with Crippen LogP contribution in [0.2, 0.25) is 0 Å². The van der Waals surface area contributed by atoms with Crippen LogP contribution in [0.4, 0.5) is 0 Å². The highest BCUT2D eigenvalue weighted by Gasteiger charge is 2.32. The Morgan fingerprint density at radius 1 is 0.630 bits per heavy atom. The van der Waals surface area contributed by atoms with E-state index < -0.39 is 0 Å². The van der Waals surface area contributed by atoms with E-state index in [9.17, 15) is 9.59 Å². The number of Topliss-reactive ketones (excluding diaryl/α,β-unsaturated/α-hetero) is 2. The average molecular weight is 354 g/mol. The van der Waals surface area contributed by atoms with Crippen molar-refractivity contribution in [1.29, 1.82) is 0 Å². The number of hydrogen-bond donors (Lipinski definition) is 0. The number of carbonyl (C=O) groups is 2. The van der Waals surface area contributed by atoms with Crippen LogP contribution in [0.1, 0.15) is 59.5 Å². The van der Waals surface area contributed by atoms with Crippen LogP contribution >= 0.6 is 0 Å². The van der Waals surface area contributed by atoms with Crippen molar-refractivity contribution >= 4 is 22.7 Å². The Balaban J connectivity index is 2.11. The van der Waals surface area contributed by atoms with Crippen molar-refractivity contribution in [3.05, 3.63) is 94.1 Å². The van der Waals surface area contributed by atoms with Crippen molar-refractivity contribution in [3.8, 4) is 0 Å². The van der Waals surface area contributed by atoms with Gasteiger partial charge in [0.1, 0.15) is 0 Å². The lowest BCUT2D eigenvalue weighted by Gasteiger charge is -2.29. The summed E-state index contributed by atoms with van der Waals surface area (Å²) in [6.45, 7) is 8.04. The summed E-state index contributed by atoms with van der Waals surface area (Å²) in [5, 5.41) is 0. The van der Waals surface area contributed by atoms with Gasteiger partial charge in [-0.2, -0.15) is 0 Å². The predicted octanol–water partition coefficient (Wildman–Crippen LogP) is 5.91. The van der Waals surface area contributed by atoms with Gasteiger partial charge in [-0.3, -0.25) is 9.59 Å². The van der Waals surface area contributed by atoms with Gasteiger partial charge in [0.05, 0.1) is 0 Å². The first-order valence-corrected chi connectivity index (χ1v) is 9.22. The SMILES string of the molecule is CC1=C/C(=C2/C=C(C(C)(C)C)C(=O)c3ccccc32)c2ccccc2C1=O. The monoisotopic (exact) mass is 354 g/mol. The Morgan fingerprint density at radius 2 is 1.07 bits per heavy atom. The molecule has 0 amide bonds. The minimum absolute atomic E-state index is 0.0649. The third kappa shape index (κ3) is 2.73. The van der Waals surface area contributed by atoms with Gasteiger partial charge in [0.15, 0.2) is 11.6 Å². The van der Waals surface area contributed by atoms with E-state index in [-0.39, 0.29) is 17.0 Å². The van der Waals surface area contributed by atoms with Crippen LogP contribution in [0.15, 0.2) is 71.8 Å². The second kappa shape index (κ2) is 6.02. The van der Waals surface area contributed by atoms with Gasteiger partial charge in [-0.25, -0.2) is 0 Å². The first-order valence-electron chi connectivity index (χ1n) is 9.22. The van der Waals surface area contributed by atoms with Crippen LogP contribution in [-0.4, -0.2) is 11.6 Å². The molecule has 27 heavy (non-hydrogen) atoms. The van der Waals surface area contributed by atoms with E-state index in [0.717, 1.165) is 44.5 Å². The van der Waals surface area contributed by atoms with Gasteiger partial charge in [0.25, 0.3) is 0 Å². The molecule has 0 aliphatic heterocycles. The highest BCUT2D eigenvalue weighted by molar-refractivity contribution is 6.23. The number of allylic oxidation sites excluding steroid dienone is 6. The molecule has 0 fully saturated rings. The number of carbonyl (C=O) groups excluding carboxylic acids is 2. The fourth-order valence-electron chi connectivity index (χ4n) is 3.84. The highest BCUT2D eigenvalue weighted by atomic mass is 16.1. The van der Waals surface area contributed by atoms with E-state index >= 15 is 0 Å². The maximum absolute atomic E-state index is 13.1. The largest absolute Gasteiger partial charge is 0.289 e. The molecule has 0 radical (unpaired) electrons. The van der Waals surface area contributed by atoms with Crippen molar-refractivity contribution in [3.63, 3.8) is 0 Å². The predicted molar refractivity (Wildman–Crippen MR) is 110 cm³/mol. The summed E-state index contributed by atoms with van der Waals surface area (Å²) >= 11 is 0. The van der Waals surface area contributed by atoms with Crippen LogP contribution < -0.4 is 0 Å². The number of benzene rings is 2. The number of rotatable bonds is 0. The molecule has 0 aromatic heterocycles. The fraction of sp³-hybridized carbons (Fsp3) is 0.200. The van der Waals surface area contributed by atoms with Crippen molar-refractivity contribution in [1.82, 2.24) is 0 Å². The van der Waals surface area contributed by atoms with E-state index in [4.69, 9.17) is 0 Å². The second-order valence-corrected chi connectivity index (χ2v) is 8.21. The van der Waals surface area contributed by atoms with Crippen molar-refractivity contribution in [2.24, 2.45) is 5.41 Å². The Bertz CT molecular complexity index is 1090. The standard InChI is InChI=1S/C25H22O2/c1-15-13-20(16-9-5-7-11-18(16)23(15)26)21-14-22(25(2,3)4)24(27)19-12-8-6-10-17(19)21/h5-14H,1-4H3/b21-20+. The summed E-state index contributed by atoms with van der Waals surface area (Å²) in [7, 11) is 0. The quantitative estimate of drug-likeness (QED) is 0.589. The van der Waals surface area contributed by atoms with Crippen LogP contribution in [0, 0.1) is 5.41 Å². The third-order valence-electron chi connectivity index (χ3n) is 5.27. The lowest BCUT2D eigenvalue weighted by molar-refractivity contribution is 0.101. The van der Waals surface area contributed by atoms with Crippen LogP contribution in [0.5, 0.6) is 0 Å². The molecule has 2 nitrogen and oxygen atoms in total. The molecule has 134 valence electrons. The normalized spacial score (nSPS) is 19.3. The second-order valence-electron chi connectivity index (χ2n) is 8.21. The van der Waals surface area contributed by atoms with E-state index in [1.165, 1.54) is 0 Å². The molecule has 0 N–H and O–H groups in total. The molecule has 2 aliphatic rings. The van der Waals surface area contributed by atoms with Gasteiger partial charge in [-0.1, -0.05) is 69.3 Å². The van der Waals surface area contributed by atoms with Crippen molar-refractivity contribution in [2.75, 3.05) is 0 Å². The maximum atomic E-state index is 13.1. The summed E-state index contributed by atoms with van der Waals surface area (Å²) in [4.78, 5) is 25.7. The van der Waals surface area contributed by atoms with Gasteiger partial charge < -0.3 is 0 Å². The van der Waals surface area contributed by atoms with Gasteiger partial charge in [-0.05, 0) is 52.3 Å². The molecule has 2 heteroatoms. The molecular formula is C25H22O2. The van der Waals surface area contributed by atoms with E-state index in [2.05, 4.69) is 20.8 Å². The Labute approximate surface area is 159 Å². The summed E-state index contributed by atoms with van der Waals surface area (Å²) in [5.74, 6) is 0.151. The van der Waals surface area contributed by atoms with E-state index in [0.29, 0.717) is 0 Å². The zero-order valence-electron chi connectivity index (χ0n) is 16.1. The topological polar surface area (TPSA) is 34.1 Å². The molecule has 0 saturated carbocycles. The molecular weight excluding hydrogens is 332 g/mol. The number of hydrogen-bond acceptors (Lipinski definition) is 2. The Hall–Kier alpha value is -3.00. The van der Waals surface area contributed by atoms with Crippen molar-refractivity contribution in [2.45, 2.75) is 27.7 Å². The summed E-state index contributed by atoms with van der Waals surface area (Å²) < 4.78 is 0. The van der Waals surface area contributed by atoms with Crippen LogP contribution in [0.25, 0.3) is 11.1 Å². The molecule has 0 heterocycles. The van der Waals surface area contributed by atoms with Gasteiger partial charge in [-0.15, -0.1) is 0 Å². The molecule has 4 rings (SSSR count). The smallest absolute Gasteiger partial charge is 0.190 e. The van der Waals surface area contributed by atoms with Gasteiger partial charge >= 0.3 is 0 Å². The minimum atomic E-state index is -0.265. The third-order valence-corrected chi connectivity index (χ3v) is 5.27. The first-order chi connectivity index (χ1) is 12.8. The molecule has 0 unspecified atom stereocenters. The molecule has 2 aliphatic carbocycles. The van der Waals surface area contributed by atoms with Gasteiger partial charge in [0.2, 0.25) is 0 Å². The van der Waals surface area contributed by atoms with E-state index in [1.807, 2.05) is 67.6 Å². The molecule has 0 saturated heterocycles. The zero-order chi connectivity index (χ0) is 19.3.